The first-order chi connectivity index (χ1) is 7.66. The smallest absolute Gasteiger partial charge is 0.228 e. The van der Waals surface area contributed by atoms with Crippen LogP contribution in [-0.4, -0.2) is 24.0 Å². The Kier molecular flexibility index (Phi) is 3.41. The molecule has 1 amide bonds. The molecule has 1 atom stereocenters. The Hall–Kier alpha value is -1.13. The fraction of sp³-hybridized carbons (Fsp3) is 0.455. The van der Waals surface area contributed by atoms with Gasteiger partial charge in [-0.3, -0.25) is 4.79 Å². The second-order valence-corrected chi connectivity index (χ2v) is 4.43. The number of rotatable bonds is 3. The Morgan fingerprint density at radius 3 is 2.94 bits per heavy atom. The van der Waals surface area contributed by atoms with Gasteiger partial charge in [-0.1, -0.05) is 24.6 Å². The van der Waals surface area contributed by atoms with Crippen LogP contribution in [0.4, 0.5) is 5.82 Å². The van der Waals surface area contributed by atoms with Crippen molar-refractivity contribution in [2.75, 3.05) is 18.4 Å². The topological polar surface area (TPSA) is 54.0 Å². The number of amides is 1. The monoisotopic (exact) mass is 239 g/mol. The second-order valence-electron chi connectivity index (χ2n) is 4.04. The molecule has 86 valence electrons. The maximum atomic E-state index is 11.8. The lowest BCUT2D eigenvalue weighted by Gasteiger charge is -2.31. The highest BCUT2D eigenvalue weighted by atomic mass is 35.5. The minimum absolute atomic E-state index is 0.00117. The van der Waals surface area contributed by atoms with E-state index in [1.807, 2.05) is 6.92 Å². The lowest BCUT2D eigenvalue weighted by Crippen LogP contribution is -2.48. The third-order valence-corrected chi connectivity index (χ3v) is 3.11. The number of aromatic nitrogens is 1. The third kappa shape index (κ3) is 2.51. The van der Waals surface area contributed by atoms with Gasteiger partial charge in [0, 0.05) is 5.92 Å². The second kappa shape index (κ2) is 4.80. The van der Waals surface area contributed by atoms with Crippen LogP contribution in [-0.2, 0) is 4.79 Å². The molecule has 1 aliphatic rings. The molecular formula is C11H14ClN3O. The summed E-state index contributed by atoms with van der Waals surface area (Å²) in [6.07, 6.45) is 0. The number of halogens is 1. The van der Waals surface area contributed by atoms with Crippen molar-refractivity contribution in [2.45, 2.75) is 6.92 Å². The van der Waals surface area contributed by atoms with E-state index < -0.39 is 0 Å². The number of pyridine rings is 1. The number of carbonyl (C=O) groups excluding carboxylic acids is 1. The molecule has 16 heavy (non-hydrogen) atoms. The third-order valence-electron chi connectivity index (χ3n) is 2.90. The molecule has 0 aromatic carbocycles. The molecule has 0 bridgehead atoms. The minimum Gasteiger partial charge on any atom is -0.316 e. The highest BCUT2D eigenvalue weighted by Crippen LogP contribution is 2.18. The zero-order valence-electron chi connectivity index (χ0n) is 9.03. The molecule has 1 aromatic heterocycles. The highest BCUT2D eigenvalue weighted by Gasteiger charge is 2.28. The predicted octanol–water partition coefficient (Wildman–Crippen LogP) is 1.53. The van der Waals surface area contributed by atoms with E-state index in [1.165, 1.54) is 0 Å². The van der Waals surface area contributed by atoms with E-state index in [0.29, 0.717) is 16.9 Å². The highest BCUT2D eigenvalue weighted by molar-refractivity contribution is 6.29. The maximum absolute atomic E-state index is 11.8. The van der Waals surface area contributed by atoms with Gasteiger partial charge in [-0.2, -0.15) is 0 Å². The van der Waals surface area contributed by atoms with Crippen molar-refractivity contribution in [2.24, 2.45) is 11.8 Å². The van der Waals surface area contributed by atoms with Gasteiger partial charge in [-0.25, -0.2) is 4.98 Å². The molecule has 2 rings (SSSR count). The van der Waals surface area contributed by atoms with Gasteiger partial charge in [0.1, 0.15) is 11.0 Å². The van der Waals surface area contributed by atoms with E-state index in [4.69, 9.17) is 11.6 Å². The fourth-order valence-corrected chi connectivity index (χ4v) is 1.76. The summed E-state index contributed by atoms with van der Waals surface area (Å²) in [5.74, 6) is 0.944. The summed E-state index contributed by atoms with van der Waals surface area (Å²) < 4.78 is 0. The molecule has 0 spiro atoms. The summed E-state index contributed by atoms with van der Waals surface area (Å²) in [5, 5.41) is 6.31. The van der Waals surface area contributed by atoms with Crippen LogP contribution in [0.3, 0.4) is 0 Å². The summed E-state index contributed by atoms with van der Waals surface area (Å²) in [6, 6.07) is 5.17. The number of anilines is 1. The average Bonchev–Trinajstić information content (AvgIpc) is 2.14. The molecule has 0 radical (unpaired) electrons. The molecule has 1 fully saturated rings. The zero-order valence-corrected chi connectivity index (χ0v) is 9.79. The van der Waals surface area contributed by atoms with Crippen molar-refractivity contribution in [3.05, 3.63) is 23.4 Å². The van der Waals surface area contributed by atoms with Gasteiger partial charge in [0.15, 0.2) is 0 Å². The molecule has 0 saturated carbocycles. The van der Waals surface area contributed by atoms with Gasteiger partial charge in [0.25, 0.3) is 0 Å². The normalized spacial score (nSPS) is 17.6. The average molecular weight is 240 g/mol. The zero-order chi connectivity index (χ0) is 11.5. The number of hydrogen-bond acceptors (Lipinski definition) is 3. The first kappa shape index (κ1) is 11.4. The van der Waals surface area contributed by atoms with Crippen molar-refractivity contribution in [1.82, 2.24) is 10.3 Å². The Morgan fingerprint density at radius 1 is 1.62 bits per heavy atom. The fourth-order valence-electron chi connectivity index (χ4n) is 1.60. The molecule has 4 nitrogen and oxygen atoms in total. The Bertz CT molecular complexity index is 393. The van der Waals surface area contributed by atoms with Gasteiger partial charge in [-0.15, -0.1) is 0 Å². The molecular weight excluding hydrogens is 226 g/mol. The molecule has 2 N–H and O–H groups in total. The van der Waals surface area contributed by atoms with Crippen molar-refractivity contribution in [3.63, 3.8) is 0 Å². The quantitative estimate of drug-likeness (QED) is 0.787. The van der Waals surface area contributed by atoms with Crippen LogP contribution in [0, 0.1) is 11.8 Å². The lowest BCUT2D eigenvalue weighted by atomic mass is 9.88. The summed E-state index contributed by atoms with van der Waals surface area (Å²) in [5.41, 5.74) is 0. The standard InChI is InChI=1S/C11H14ClN3O/c1-7(8-5-13-6-8)11(16)15-10-4-2-3-9(12)14-10/h2-4,7-8,13H,5-6H2,1H3,(H,14,15,16). The van der Waals surface area contributed by atoms with Gasteiger partial charge < -0.3 is 10.6 Å². The van der Waals surface area contributed by atoms with Crippen LogP contribution in [0.2, 0.25) is 5.15 Å². The molecule has 1 saturated heterocycles. The summed E-state index contributed by atoms with van der Waals surface area (Å²) in [7, 11) is 0. The van der Waals surface area contributed by atoms with Crippen LogP contribution >= 0.6 is 11.6 Å². The first-order valence-corrected chi connectivity index (χ1v) is 5.69. The number of nitrogens with one attached hydrogen (secondary N) is 2. The van der Waals surface area contributed by atoms with E-state index in [9.17, 15) is 4.79 Å². The Morgan fingerprint density at radius 2 is 2.38 bits per heavy atom. The van der Waals surface area contributed by atoms with Crippen molar-refractivity contribution < 1.29 is 4.79 Å². The Balaban J connectivity index is 1.96. The van der Waals surface area contributed by atoms with Crippen LogP contribution in [0.5, 0.6) is 0 Å². The van der Waals surface area contributed by atoms with Crippen LogP contribution in [0.15, 0.2) is 18.2 Å². The summed E-state index contributed by atoms with van der Waals surface area (Å²) in [4.78, 5) is 15.9. The molecule has 1 aromatic rings. The number of nitrogens with zero attached hydrogens (tertiary/aromatic N) is 1. The van der Waals surface area contributed by atoms with Crippen molar-refractivity contribution >= 4 is 23.3 Å². The predicted molar refractivity (Wildman–Crippen MR) is 63.4 cm³/mol. The van der Waals surface area contributed by atoms with E-state index in [2.05, 4.69) is 15.6 Å². The molecule has 1 aliphatic heterocycles. The maximum Gasteiger partial charge on any atom is 0.228 e. The summed E-state index contributed by atoms with van der Waals surface area (Å²) >= 11 is 5.74. The summed E-state index contributed by atoms with van der Waals surface area (Å²) in [6.45, 7) is 3.76. The van der Waals surface area contributed by atoms with E-state index >= 15 is 0 Å². The van der Waals surface area contributed by atoms with Crippen LogP contribution in [0.25, 0.3) is 0 Å². The lowest BCUT2D eigenvalue weighted by molar-refractivity contribution is -0.121. The van der Waals surface area contributed by atoms with Gasteiger partial charge >= 0.3 is 0 Å². The molecule has 2 heterocycles. The number of hydrogen-bond donors (Lipinski definition) is 2. The van der Waals surface area contributed by atoms with Crippen molar-refractivity contribution in [1.29, 1.82) is 0 Å². The van der Waals surface area contributed by atoms with Gasteiger partial charge in [-0.05, 0) is 31.1 Å². The molecule has 5 heteroatoms. The Labute approximate surface area is 99.4 Å². The van der Waals surface area contributed by atoms with Crippen molar-refractivity contribution in [3.8, 4) is 0 Å². The van der Waals surface area contributed by atoms with Gasteiger partial charge in [0.2, 0.25) is 5.91 Å². The minimum atomic E-state index is 0.00117. The first-order valence-electron chi connectivity index (χ1n) is 5.31. The largest absolute Gasteiger partial charge is 0.316 e. The molecule has 1 unspecified atom stereocenters. The van der Waals surface area contributed by atoms with Gasteiger partial charge in [0.05, 0.1) is 0 Å². The van der Waals surface area contributed by atoms with E-state index in [1.54, 1.807) is 18.2 Å². The van der Waals surface area contributed by atoms with Crippen LogP contribution < -0.4 is 10.6 Å². The molecule has 0 aliphatic carbocycles. The van der Waals surface area contributed by atoms with E-state index in [0.717, 1.165) is 13.1 Å². The van der Waals surface area contributed by atoms with E-state index in [-0.39, 0.29) is 11.8 Å². The van der Waals surface area contributed by atoms with Crippen LogP contribution in [0.1, 0.15) is 6.92 Å². The number of carbonyl (C=O) groups is 1. The SMILES string of the molecule is CC(C(=O)Nc1cccc(Cl)n1)C1CNC1.